The molecular weight excluding hydrogens is 212 g/mol. The van der Waals surface area contributed by atoms with Gasteiger partial charge in [0.25, 0.3) is 0 Å². The lowest BCUT2D eigenvalue weighted by atomic mass is 9.96. The molecule has 0 amide bonds. The van der Waals surface area contributed by atoms with Crippen LogP contribution in [0.4, 0.5) is 0 Å². The van der Waals surface area contributed by atoms with Crippen molar-refractivity contribution in [2.75, 3.05) is 0 Å². The first-order chi connectivity index (χ1) is 7.56. The quantitative estimate of drug-likeness (QED) is 0.575. The number of rotatable bonds is 3. The van der Waals surface area contributed by atoms with E-state index in [9.17, 15) is 0 Å². The van der Waals surface area contributed by atoms with E-state index in [1.807, 2.05) is 6.08 Å². The Labute approximate surface area is 99.6 Å². The van der Waals surface area contributed by atoms with Gasteiger partial charge in [-0.3, -0.25) is 0 Å². The third-order valence-electron chi connectivity index (χ3n) is 3.71. The van der Waals surface area contributed by atoms with E-state index in [4.69, 9.17) is 4.42 Å². The maximum absolute atomic E-state index is 6.17. The minimum absolute atomic E-state index is 1.11. The van der Waals surface area contributed by atoms with Gasteiger partial charge in [-0.1, -0.05) is 19.2 Å². The summed E-state index contributed by atoms with van der Waals surface area (Å²) in [4.78, 5) is 0. The monoisotopic (exact) mass is 234 g/mol. The van der Waals surface area contributed by atoms with E-state index in [2.05, 4.69) is 26.6 Å². The van der Waals surface area contributed by atoms with Crippen LogP contribution in [-0.4, -0.2) is 8.07 Å². The van der Waals surface area contributed by atoms with Crippen molar-refractivity contribution in [3.05, 3.63) is 29.5 Å². The van der Waals surface area contributed by atoms with Crippen molar-refractivity contribution in [1.82, 2.24) is 0 Å². The van der Waals surface area contributed by atoms with Crippen molar-refractivity contribution in [2.24, 2.45) is 0 Å². The summed E-state index contributed by atoms with van der Waals surface area (Å²) in [7, 11) is -1.42. The van der Waals surface area contributed by atoms with Gasteiger partial charge in [0.05, 0.1) is 5.38 Å². The fourth-order valence-corrected chi connectivity index (χ4v) is 5.30. The number of fused-ring (bicyclic) bond motifs is 1. The normalized spacial score (nSPS) is 15.9. The van der Waals surface area contributed by atoms with Crippen LogP contribution >= 0.6 is 0 Å². The SMILES string of the molecule is C=CC[Si](C)(C)c1oc2c(c1C)CCCC2. The Morgan fingerprint density at radius 1 is 1.31 bits per heavy atom. The second-order valence-electron chi connectivity index (χ2n) is 5.54. The van der Waals surface area contributed by atoms with Crippen molar-refractivity contribution in [2.45, 2.75) is 51.7 Å². The molecule has 1 nitrogen and oxygen atoms in total. The van der Waals surface area contributed by atoms with Crippen LogP contribution in [-0.2, 0) is 12.8 Å². The van der Waals surface area contributed by atoms with Crippen LogP contribution in [0.2, 0.25) is 19.1 Å². The second kappa shape index (κ2) is 4.25. The summed E-state index contributed by atoms with van der Waals surface area (Å²) < 4.78 is 6.17. The molecule has 1 aliphatic carbocycles. The van der Waals surface area contributed by atoms with Crippen LogP contribution in [0.5, 0.6) is 0 Å². The molecule has 1 aromatic heterocycles. The zero-order chi connectivity index (χ0) is 11.8. The highest BCUT2D eigenvalue weighted by Crippen LogP contribution is 2.27. The minimum Gasteiger partial charge on any atom is -0.471 e. The summed E-state index contributed by atoms with van der Waals surface area (Å²) in [6.07, 6.45) is 7.05. The summed E-state index contributed by atoms with van der Waals surface area (Å²) in [5.41, 5.74) is 2.97. The smallest absolute Gasteiger partial charge is 0.130 e. The molecular formula is C14H22OSi. The highest BCUT2D eigenvalue weighted by Gasteiger charge is 2.31. The van der Waals surface area contributed by atoms with Gasteiger partial charge < -0.3 is 4.42 Å². The van der Waals surface area contributed by atoms with E-state index < -0.39 is 8.07 Å². The van der Waals surface area contributed by atoms with Crippen LogP contribution in [0, 0.1) is 6.92 Å². The summed E-state index contributed by atoms with van der Waals surface area (Å²) >= 11 is 0. The first-order valence-electron chi connectivity index (χ1n) is 6.29. The Morgan fingerprint density at radius 2 is 2.00 bits per heavy atom. The Balaban J connectivity index is 2.42. The Hall–Kier alpha value is -0.763. The van der Waals surface area contributed by atoms with Gasteiger partial charge in [-0.25, -0.2) is 0 Å². The molecule has 0 N–H and O–H groups in total. The first kappa shape index (κ1) is 11.7. The molecule has 0 spiro atoms. The highest BCUT2D eigenvalue weighted by molar-refractivity contribution is 6.89. The van der Waals surface area contributed by atoms with E-state index in [0.29, 0.717) is 0 Å². The highest BCUT2D eigenvalue weighted by atomic mass is 28.3. The van der Waals surface area contributed by atoms with E-state index in [1.54, 1.807) is 0 Å². The van der Waals surface area contributed by atoms with Crippen molar-refractivity contribution in [3.8, 4) is 0 Å². The van der Waals surface area contributed by atoms with E-state index in [-0.39, 0.29) is 0 Å². The summed E-state index contributed by atoms with van der Waals surface area (Å²) in [6, 6.07) is 1.11. The van der Waals surface area contributed by atoms with Gasteiger partial charge in [0, 0.05) is 6.42 Å². The molecule has 88 valence electrons. The molecule has 0 aromatic carbocycles. The van der Waals surface area contributed by atoms with Gasteiger partial charge in [-0.2, -0.15) is 0 Å². The third kappa shape index (κ3) is 1.91. The Kier molecular flexibility index (Phi) is 3.11. The van der Waals surface area contributed by atoms with Crippen LogP contribution in [0.25, 0.3) is 0 Å². The fourth-order valence-electron chi connectivity index (χ4n) is 2.82. The Bertz CT molecular complexity index is 401. The van der Waals surface area contributed by atoms with E-state index in [1.165, 1.54) is 41.5 Å². The maximum Gasteiger partial charge on any atom is 0.130 e. The molecule has 0 aliphatic heterocycles. The minimum atomic E-state index is -1.42. The predicted molar refractivity (Wildman–Crippen MR) is 72.2 cm³/mol. The zero-order valence-electron chi connectivity index (χ0n) is 10.7. The van der Waals surface area contributed by atoms with Gasteiger partial charge in [0.1, 0.15) is 13.8 Å². The molecule has 2 rings (SSSR count). The number of hydrogen-bond acceptors (Lipinski definition) is 1. The summed E-state index contributed by atoms with van der Waals surface area (Å²) in [5, 5.41) is 1.32. The molecule has 0 radical (unpaired) electrons. The maximum atomic E-state index is 6.17. The summed E-state index contributed by atoms with van der Waals surface area (Å²) in [6.45, 7) is 10.9. The van der Waals surface area contributed by atoms with Crippen LogP contribution in [0.3, 0.4) is 0 Å². The van der Waals surface area contributed by atoms with E-state index >= 15 is 0 Å². The van der Waals surface area contributed by atoms with Crippen LogP contribution in [0.15, 0.2) is 17.1 Å². The lowest BCUT2D eigenvalue weighted by molar-refractivity contribution is 0.496. The fraction of sp³-hybridized carbons (Fsp3) is 0.571. The predicted octanol–water partition coefficient (Wildman–Crippen LogP) is 3.57. The van der Waals surface area contributed by atoms with Crippen molar-refractivity contribution < 1.29 is 4.42 Å². The molecule has 0 saturated carbocycles. The van der Waals surface area contributed by atoms with Crippen molar-refractivity contribution in [1.29, 1.82) is 0 Å². The Morgan fingerprint density at radius 3 is 2.62 bits per heavy atom. The second-order valence-corrected chi connectivity index (χ2v) is 10.2. The molecule has 0 fully saturated rings. The van der Waals surface area contributed by atoms with Gasteiger partial charge in [0.2, 0.25) is 0 Å². The average Bonchev–Trinajstić information content (AvgIpc) is 2.58. The standard InChI is InChI=1S/C14H22OSi/c1-5-10-16(3,4)14-11(2)12-8-6-7-9-13(12)15-14/h5H,1,6-10H2,2-4H3. The molecule has 1 aliphatic rings. The molecule has 1 heterocycles. The average molecular weight is 234 g/mol. The molecule has 0 saturated heterocycles. The lowest BCUT2D eigenvalue weighted by Crippen LogP contribution is -2.41. The summed E-state index contributed by atoms with van der Waals surface area (Å²) in [5.74, 6) is 1.28. The van der Waals surface area contributed by atoms with Gasteiger partial charge in [-0.15, -0.1) is 6.58 Å². The number of hydrogen-bond donors (Lipinski definition) is 0. The third-order valence-corrected chi connectivity index (χ3v) is 6.72. The first-order valence-corrected chi connectivity index (χ1v) is 9.49. The number of aryl methyl sites for hydroxylation is 1. The van der Waals surface area contributed by atoms with Crippen molar-refractivity contribution in [3.63, 3.8) is 0 Å². The topological polar surface area (TPSA) is 13.1 Å². The van der Waals surface area contributed by atoms with Crippen LogP contribution < -0.4 is 5.38 Å². The zero-order valence-corrected chi connectivity index (χ0v) is 11.7. The van der Waals surface area contributed by atoms with Gasteiger partial charge in [-0.05, 0) is 43.4 Å². The lowest BCUT2D eigenvalue weighted by Gasteiger charge is -2.18. The van der Waals surface area contributed by atoms with Crippen LogP contribution in [0.1, 0.15) is 29.7 Å². The van der Waals surface area contributed by atoms with E-state index in [0.717, 1.165) is 12.5 Å². The number of furan rings is 1. The van der Waals surface area contributed by atoms with Gasteiger partial charge >= 0.3 is 0 Å². The largest absolute Gasteiger partial charge is 0.471 e. The number of allylic oxidation sites excluding steroid dienone is 1. The van der Waals surface area contributed by atoms with Gasteiger partial charge in [0.15, 0.2) is 0 Å². The molecule has 0 bridgehead atoms. The molecule has 0 atom stereocenters. The molecule has 2 heteroatoms. The van der Waals surface area contributed by atoms with Crippen molar-refractivity contribution >= 4 is 13.5 Å². The molecule has 1 aromatic rings. The molecule has 0 unspecified atom stereocenters. The molecule has 16 heavy (non-hydrogen) atoms.